The summed E-state index contributed by atoms with van der Waals surface area (Å²) in [5.41, 5.74) is 0.561. The maximum Gasteiger partial charge on any atom is 0.262 e. The van der Waals surface area contributed by atoms with Gasteiger partial charge in [0.2, 0.25) is 0 Å². The van der Waals surface area contributed by atoms with E-state index in [2.05, 4.69) is 15.9 Å². The largest absolute Gasteiger partial charge is 0.262 e. The van der Waals surface area contributed by atoms with Crippen LogP contribution in [0.25, 0.3) is 0 Å². The van der Waals surface area contributed by atoms with Crippen LogP contribution in [0.15, 0.2) is 21.5 Å². The Kier molecular flexibility index (Phi) is 3.28. The van der Waals surface area contributed by atoms with E-state index in [0.717, 1.165) is 0 Å². The van der Waals surface area contributed by atoms with Crippen LogP contribution in [0, 0.1) is 6.92 Å². The molecule has 0 saturated heterocycles. The standard InChI is InChI=1S/C7H5BrCl2O2S/c1-4-2-3-5(9)6(8)7(4)13(10,11)12/h2-3H,1H3. The van der Waals surface area contributed by atoms with Crippen molar-refractivity contribution in [3.05, 3.63) is 27.2 Å². The van der Waals surface area contributed by atoms with Crippen LogP contribution in [0.4, 0.5) is 0 Å². The Labute approximate surface area is 94.4 Å². The van der Waals surface area contributed by atoms with Gasteiger partial charge < -0.3 is 0 Å². The molecule has 0 heterocycles. The lowest BCUT2D eigenvalue weighted by Crippen LogP contribution is -1.96. The minimum absolute atomic E-state index is 0.0293. The molecule has 72 valence electrons. The molecule has 13 heavy (non-hydrogen) atoms. The average molecular weight is 304 g/mol. The Morgan fingerprint density at radius 3 is 2.31 bits per heavy atom. The molecule has 0 aliphatic heterocycles. The van der Waals surface area contributed by atoms with E-state index in [4.69, 9.17) is 22.3 Å². The zero-order chi connectivity index (χ0) is 10.2. The molecule has 1 rings (SSSR count). The Morgan fingerprint density at radius 1 is 1.38 bits per heavy atom. The summed E-state index contributed by atoms with van der Waals surface area (Å²) >= 11 is 8.79. The van der Waals surface area contributed by atoms with E-state index in [0.29, 0.717) is 15.1 Å². The van der Waals surface area contributed by atoms with E-state index >= 15 is 0 Å². The fourth-order valence-corrected chi connectivity index (χ4v) is 3.88. The van der Waals surface area contributed by atoms with Crippen LogP contribution in [-0.4, -0.2) is 8.42 Å². The highest BCUT2D eigenvalue weighted by Crippen LogP contribution is 2.33. The molecule has 0 aliphatic rings. The van der Waals surface area contributed by atoms with Crippen molar-refractivity contribution in [2.45, 2.75) is 11.8 Å². The van der Waals surface area contributed by atoms with Crippen molar-refractivity contribution in [2.24, 2.45) is 0 Å². The molecule has 0 spiro atoms. The van der Waals surface area contributed by atoms with E-state index in [1.54, 1.807) is 19.1 Å². The van der Waals surface area contributed by atoms with Crippen molar-refractivity contribution in [3.63, 3.8) is 0 Å². The number of rotatable bonds is 1. The molecule has 0 saturated carbocycles. The lowest BCUT2D eigenvalue weighted by Gasteiger charge is -2.05. The summed E-state index contributed by atoms with van der Waals surface area (Å²) in [6.45, 7) is 1.65. The fourth-order valence-electron chi connectivity index (χ4n) is 0.928. The van der Waals surface area contributed by atoms with Gasteiger partial charge in [-0.15, -0.1) is 0 Å². The summed E-state index contributed by atoms with van der Waals surface area (Å²) < 4.78 is 22.5. The van der Waals surface area contributed by atoms with Gasteiger partial charge in [-0.25, -0.2) is 8.42 Å². The first kappa shape index (κ1) is 11.3. The van der Waals surface area contributed by atoms with Gasteiger partial charge >= 0.3 is 0 Å². The minimum atomic E-state index is -3.75. The van der Waals surface area contributed by atoms with E-state index in [-0.39, 0.29) is 4.90 Å². The minimum Gasteiger partial charge on any atom is -0.207 e. The molecule has 0 amide bonds. The Morgan fingerprint density at radius 2 is 1.92 bits per heavy atom. The maximum atomic E-state index is 11.1. The van der Waals surface area contributed by atoms with Crippen LogP contribution in [0.1, 0.15) is 5.56 Å². The van der Waals surface area contributed by atoms with Gasteiger partial charge in [-0.3, -0.25) is 0 Å². The molecule has 0 fully saturated rings. The van der Waals surface area contributed by atoms with Gasteiger partial charge in [0, 0.05) is 10.7 Å². The van der Waals surface area contributed by atoms with Gasteiger partial charge in [0.15, 0.2) is 0 Å². The molecule has 1 aromatic rings. The van der Waals surface area contributed by atoms with Gasteiger partial charge in [-0.2, -0.15) is 0 Å². The predicted octanol–water partition coefficient (Wildman–Crippen LogP) is 3.34. The smallest absolute Gasteiger partial charge is 0.207 e. The highest BCUT2D eigenvalue weighted by Gasteiger charge is 2.19. The van der Waals surface area contributed by atoms with Crippen LogP contribution >= 0.6 is 38.2 Å². The molecule has 0 N–H and O–H groups in total. The second kappa shape index (κ2) is 3.77. The van der Waals surface area contributed by atoms with E-state index < -0.39 is 9.05 Å². The quantitative estimate of drug-likeness (QED) is 0.746. The van der Waals surface area contributed by atoms with Crippen molar-refractivity contribution in [1.82, 2.24) is 0 Å². The van der Waals surface area contributed by atoms with E-state index in [1.165, 1.54) is 0 Å². The second-order valence-corrected chi connectivity index (χ2v) is 6.15. The van der Waals surface area contributed by atoms with Gasteiger partial charge in [0.1, 0.15) is 4.90 Å². The van der Waals surface area contributed by atoms with Crippen molar-refractivity contribution in [1.29, 1.82) is 0 Å². The van der Waals surface area contributed by atoms with Gasteiger partial charge in [-0.1, -0.05) is 17.7 Å². The molecule has 0 atom stereocenters. The van der Waals surface area contributed by atoms with Crippen molar-refractivity contribution < 1.29 is 8.42 Å². The Bertz CT molecular complexity index is 442. The van der Waals surface area contributed by atoms with Crippen molar-refractivity contribution in [3.8, 4) is 0 Å². The third kappa shape index (κ3) is 2.37. The number of hydrogen-bond acceptors (Lipinski definition) is 2. The van der Waals surface area contributed by atoms with Crippen molar-refractivity contribution >= 4 is 47.3 Å². The van der Waals surface area contributed by atoms with Crippen LogP contribution in [0.2, 0.25) is 5.02 Å². The van der Waals surface area contributed by atoms with Crippen LogP contribution in [0.5, 0.6) is 0 Å². The summed E-state index contributed by atoms with van der Waals surface area (Å²) in [6, 6.07) is 3.20. The number of hydrogen-bond donors (Lipinski definition) is 0. The second-order valence-electron chi connectivity index (χ2n) is 2.45. The molecule has 2 nitrogen and oxygen atoms in total. The highest BCUT2D eigenvalue weighted by atomic mass is 79.9. The average Bonchev–Trinajstić information content (AvgIpc) is 1.95. The van der Waals surface area contributed by atoms with E-state index in [9.17, 15) is 8.42 Å². The third-order valence-electron chi connectivity index (χ3n) is 1.49. The third-order valence-corrected chi connectivity index (χ3v) is 4.60. The first-order valence-electron chi connectivity index (χ1n) is 3.23. The van der Waals surface area contributed by atoms with Gasteiger partial charge in [-0.05, 0) is 34.5 Å². The molecule has 6 heteroatoms. The molecule has 0 unspecified atom stereocenters. The molecule has 0 bridgehead atoms. The zero-order valence-electron chi connectivity index (χ0n) is 6.51. The van der Waals surface area contributed by atoms with E-state index in [1.807, 2.05) is 0 Å². The lowest BCUT2D eigenvalue weighted by atomic mass is 10.2. The van der Waals surface area contributed by atoms with Crippen LogP contribution < -0.4 is 0 Å². The molecule has 0 radical (unpaired) electrons. The molecular formula is C7H5BrCl2O2S. The monoisotopic (exact) mass is 302 g/mol. The van der Waals surface area contributed by atoms with Gasteiger partial charge in [0.05, 0.1) is 9.50 Å². The topological polar surface area (TPSA) is 34.1 Å². The van der Waals surface area contributed by atoms with Crippen LogP contribution in [0.3, 0.4) is 0 Å². The molecular weight excluding hydrogens is 299 g/mol. The SMILES string of the molecule is Cc1ccc(Cl)c(Br)c1S(=O)(=O)Cl. The summed E-state index contributed by atoms with van der Waals surface area (Å²) in [6.07, 6.45) is 0. The first-order chi connectivity index (χ1) is 5.84. The van der Waals surface area contributed by atoms with Gasteiger partial charge in [0.25, 0.3) is 9.05 Å². The Balaban J connectivity index is 3.62. The maximum absolute atomic E-state index is 11.1. The summed E-state index contributed by atoms with van der Waals surface area (Å²) in [4.78, 5) is 0.0293. The normalized spacial score (nSPS) is 11.7. The summed E-state index contributed by atoms with van der Waals surface area (Å²) in [5, 5.41) is 0.324. The summed E-state index contributed by atoms with van der Waals surface area (Å²) in [5.74, 6) is 0. The number of halogens is 3. The fraction of sp³-hybridized carbons (Fsp3) is 0.143. The molecule has 1 aromatic carbocycles. The first-order valence-corrected chi connectivity index (χ1v) is 6.71. The predicted molar refractivity (Wildman–Crippen MR) is 56.9 cm³/mol. The lowest BCUT2D eigenvalue weighted by molar-refractivity contribution is 0.608. The van der Waals surface area contributed by atoms with Crippen molar-refractivity contribution in [2.75, 3.05) is 0 Å². The highest BCUT2D eigenvalue weighted by molar-refractivity contribution is 9.10. The summed E-state index contributed by atoms with van der Waals surface area (Å²) in [7, 11) is 1.48. The molecule has 0 aliphatic carbocycles. The van der Waals surface area contributed by atoms with Crippen LogP contribution in [-0.2, 0) is 9.05 Å². The number of aryl methyl sites for hydroxylation is 1. The number of benzene rings is 1. The zero-order valence-corrected chi connectivity index (χ0v) is 10.4. The Hall–Kier alpha value is 0.230. The molecule has 0 aromatic heterocycles.